The van der Waals surface area contributed by atoms with Crippen LogP contribution in [0.15, 0.2) is 53.3 Å². The molecule has 1 saturated heterocycles. The number of hydroxylamine groups is 2. The van der Waals surface area contributed by atoms with Crippen molar-refractivity contribution in [1.82, 2.24) is 26.0 Å². The molecule has 2 N–H and O–H groups in total. The number of carbonyl (C=O) groups is 2. The van der Waals surface area contributed by atoms with Gasteiger partial charge in [-0.05, 0) is 29.8 Å². The Morgan fingerprint density at radius 2 is 2.10 bits per heavy atom. The van der Waals surface area contributed by atoms with Gasteiger partial charge in [0.1, 0.15) is 11.4 Å². The van der Waals surface area contributed by atoms with E-state index in [0.717, 1.165) is 22.4 Å². The molecule has 2 aliphatic rings. The normalized spacial score (nSPS) is 17.3. The number of hydrogen-bond acceptors (Lipinski definition) is 8. The Bertz CT molecular complexity index is 1070. The lowest BCUT2D eigenvalue weighted by molar-refractivity contribution is -0.125. The molecule has 154 valence electrons. The number of aromatic nitrogens is 2. The molecular formula is C20H19N5O5. The summed E-state index contributed by atoms with van der Waals surface area (Å²) in [6.07, 6.45) is 3.34. The third-order valence-corrected chi connectivity index (χ3v) is 4.66. The number of amides is 2. The van der Waals surface area contributed by atoms with Gasteiger partial charge in [-0.15, -0.1) is 0 Å². The smallest absolute Gasteiger partial charge is 0.272 e. The number of pyridine rings is 1. The van der Waals surface area contributed by atoms with Crippen molar-refractivity contribution in [3.63, 3.8) is 0 Å². The SMILES string of the molecule is COc1ccc2c(c1)C(=O)N(C)C2.O=C1NONC1c1cc(-c2cccnc2)no1. The first-order valence-corrected chi connectivity index (χ1v) is 9.07. The average molecular weight is 409 g/mol. The average Bonchev–Trinajstić information content (AvgIpc) is 3.49. The van der Waals surface area contributed by atoms with Gasteiger partial charge in [-0.2, -0.15) is 10.4 Å². The molecule has 10 heteroatoms. The van der Waals surface area contributed by atoms with Gasteiger partial charge in [0.15, 0.2) is 11.8 Å². The summed E-state index contributed by atoms with van der Waals surface area (Å²) in [5, 5.41) is 3.87. The minimum atomic E-state index is -0.673. The molecule has 0 spiro atoms. The molecule has 0 bridgehead atoms. The van der Waals surface area contributed by atoms with Crippen LogP contribution in [0, 0.1) is 0 Å². The van der Waals surface area contributed by atoms with Gasteiger partial charge < -0.3 is 14.2 Å². The summed E-state index contributed by atoms with van der Waals surface area (Å²) in [6, 6.07) is 10.3. The number of benzene rings is 1. The van der Waals surface area contributed by atoms with Crippen molar-refractivity contribution in [3.8, 4) is 17.0 Å². The van der Waals surface area contributed by atoms with Crippen LogP contribution in [-0.2, 0) is 16.3 Å². The lowest BCUT2D eigenvalue weighted by atomic mass is 10.1. The number of rotatable bonds is 3. The topological polar surface area (TPSA) is 119 Å². The van der Waals surface area contributed by atoms with Crippen LogP contribution in [-0.4, -0.2) is 41.0 Å². The lowest BCUT2D eigenvalue weighted by Gasteiger charge is -2.04. The molecule has 3 aromatic rings. The molecule has 30 heavy (non-hydrogen) atoms. The van der Waals surface area contributed by atoms with Crippen LogP contribution in [0.4, 0.5) is 0 Å². The van der Waals surface area contributed by atoms with Crippen molar-refractivity contribution in [2.75, 3.05) is 14.2 Å². The van der Waals surface area contributed by atoms with Gasteiger partial charge >= 0.3 is 0 Å². The fourth-order valence-corrected chi connectivity index (χ4v) is 3.07. The van der Waals surface area contributed by atoms with E-state index in [1.165, 1.54) is 0 Å². The number of nitrogens with zero attached hydrogens (tertiary/aromatic N) is 3. The Labute approximate surface area is 171 Å². The molecule has 4 heterocycles. The van der Waals surface area contributed by atoms with Gasteiger partial charge in [-0.3, -0.25) is 14.6 Å². The van der Waals surface area contributed by atoms with Crippen molar-refractivity contribution in [2.45, 2.75) is 12.6 Å². The van der Waals surface area contributed by atoms with Crippen molar-refractivity contribution in [2.24, 2.45) is 0 Å². The summed E-state index contributed by atoms with van der Waals surface area (Å²) in [6.45, 7) is 0.707. The maximum absolute atomic E-state index is 11.5. The van der Waals surface area contributed by atoms with Crippen LogP contribution >= 0.6 is 0 Å². The van der Waals surface area contributed by atoms with E-state index >= 15 is 0 Å². The van der Waals surface area contributed by atoms with Crippen molar-refractivity contribution >= 4 is 11.8 Å². The quantitative estimate of drug-likeness (QED) is 0.670. The van der Waals surface area contributed by atoms with E-state index < -0.39 is 6.04 Å². The third kappa shape index (κ3) is 3.86. The Kier molecular flexibility index (Phi) is 5.42. The predicted octanol–water partition coefficient (Wildman–Crippen LogP) is 1.62. The van der Waals surface area contributed by atoms with Gasteiger partial charge in [-0.25, -0.2) is 5.48 Å². The lowest BCUT2D eigenvalue weighted by Crippen LogP contribution is -2.18. The number of nitrogens with one attached hydrogen (secondary N) is 2. The molecule has 10 nitrogen and oxygen atoms in total. The molecule has 2 aliphatic heterocycles. The van der Waals surface area contributed by atoms with Crippen LogP contribution in [0.1, 0.15) is 27.7 Å². The highest BCUT2D eigenvalue weighted by Crippen LogP contribution is 2.25. The highest BCUT2D eigenvalue weighted by atomic mass is 16.8. The molecule has 5 rings (SSSR count). The van der Waals surface area contributed by atoms with Crippen LogP contribution in [0.3, 0.4) is 0 Å². The summed E-state index contributed by atoms with van der Waals surface area (Å²) in [4.78, 5) is 33.1. The number of fused-ring (bicyclic) bond motifs is 1. The summed E-state index contributed by atoms with van der Waals surface area (Å²) >= 11 is 0. The molecule has 0 radical (unpaired) electrons. The Morgan fingerprint density at radius 3 is 2.80 bits per heavy atom. The van der Waals surface area contributed by atoms with E-state index in [1.807, 2.05) is 18.2 Å². The first kappa shape index (κ1) is 19.6. The Morgan fingerprint density at radius 1 is 1.23 bits per heavy atom. The highest BCUT2D eigenvalue weighted by molar-refractivity contribution is 5.98. The second-order valence-corrected chi connectivity index (χ2v) is 6.66. The predicted molar refractivity (Wildman–Crippen MR) is 104 cm³/mol. The number of ether oxygens (including phenoxy) is 1. The molecule has 1 fully saturated rings. The molecule has 0 saturated carbocycles. The molecule has 1 unspecified atom stereocenters. The number of methoxy groups -OCH3 is 1. The Balaban J connectivity index is 0.000000151. The first-order valence-electron chi connectivity index (χ1n) is 9.07. The van der Waals surface area contributed by atoms with Crippen molar-refractivity contribution in [3.05, 3.63) is 65.7 Å². The molecule has 0 aliphatic carbocycles. The molecule has 2 aromatic heterocycles. The first-order chi connectivity index (χ1) is 14.6. The zero-order chi connectivity index (χ0) is 21.1. The van der Waals surface area contributed by atoms with Crippen molar-refractivity contribution < 1.29 is 23.8 Å². The van der Waals surface area contributed by atoms with Gasteiger partial charge in [0.25, 0.3) is 11.8 Å². The van der Waals surface area contributed by atoms with Crippen LogP contribution in [0.5, 0.6) is 5.75 Å². The number of carbonyl (C=O) groups excluding carboxylic acids is 2. The summed E-state index contributed by atoms with van der Waals surface area (Å²) in [7, 11) is 3.40. The van der Waals surface area contributed by atoms with Crippen molar-refractivity contribution in [1.29, 1.82) is 0 Å². The van der Waals surface area contributed by atoms with Gasteiger partial charge in [-0.1, -0.05) is 11.2 Å². The maximum Gasteiger partial charge on any atom is 0.272 e. The monoisotopic (exact) mass is 409 g/mol. The van der Waals surface area contributed by atoms with E-state index in [0.29, 0.717) is 18.0 Å². The van der Waals surface area contributed by atoms with Gasteiger partial charge in [0.05, 0.1) is 7.11 Å². The zero-order valence-electron chi connectivity index (χ0n) is 16.3. The van der Waals surface area contributed by atoms with Gasteiger partial charge in [0, 0.05) is 43.2 Å². The second kappa shape index (κ2) is 8.31. The van der Waals surface area contributed by atoms with E-state index in [9.17, 15) is 9.59 Å². The standard InChI is InChI=1S/C10H8N4O3.C10H11NO2/c15-10-9(13-17-14-10)8-4-7(12-16-8)6-2-1-3-11-5-6;1-11-6-7-3-4-8(13-2)5-9(7)10(11)12/h1-5,9,13H,(H,14,15);3-5H,6H2,1-2H3. The second-order valence-electron chi connectivity index (χ2n) is 6.66. The zero-order valence-corrected chi connectivity index (χ0v) is 16.3. The summed E-state index contributed by atoms with van der Waals surface area (Å²) in [5.41, 5.74) is 7.93. The highest BCUT2D eigenvalue weighted by Gasteiger charge is 2.31. The minimum Gasteiger partial charge on any atom is -0.497 e. The fourth-order valence-electron chi connectivity index (χ4n) is 3.07. The minimum absolute atomic E-state index is 0.0777. The van der Waals surface area contributed by atoms with Crippen LogP contribution in [0.2, 0.25) is 0 Å². The van der Waals surface area contributed by atoms with Gasteiger partial charge in [0.2, 0.25) is 0 Å². The van der Waals surface area contributed by atoms with E-state index in [4.69, 9.17) is 9.26 Å². The number of hydrogen-bond donors (Lipinski definition) is 2. The molecule has 1 aromatic carbocycles. The van der Waals surface area contributed by atoms with Crippen LogP contribution in [0.25, 0.3) is 11.3 Å². The largest absolute Gasteiger partial charge is 0.497 e. The van der Waals surface area contributed by atoms with E-state index in [-0.39, 0.29) is 11.8 Å². The molecule has 1 atom stereocenters. The third-order valence-electron chi connectivity index (χ3n) is 4.66. The fraction of sp³-hybridized carbons (Fsp3) is 0.200. The molecule has 2 amide bonds. The molecular weight excluding hydrogens is 390 g/mol. The summed E-state index contributed by atoms with van der Waals surface area (Å²) < 4.78 is 10.1. The summed E-state index contributed by atoms with van der Waals surface area (Å²) in [5.74, 6) is 0.883. The Hall–Kier alpha value is -3.76. The van der Waals surface area contributed by atoms with E-state index in [1.54, 1.807) is 49.7 Å². The van der Waals surface area contributed by atoms with E-state index in [2.05, 4.69) is 26.0 Å². The van der Waals surface area contributed by atoms with Crippen LogP contribution < -0.4 is 15.7 Å². The maximum atomic E-state index is 11.5.